The van der Waals surface area contributed by atoms with Gasteiger partial charge in [0, 0.05) is 15.1 Å². The Labute approximate surface area is 97.0 Å². The van der Waals surface area contributed by atoms with Gasteiger partial charge < -0.3 is 5.32 Å². The molecule has 0 spiro atoms. The summed E-state index contributed by atoms with van der Waals surface area (Å²) in [6.07, 6.45) is 1.21. The molecule has 0 aliphatic carbocycles. The van der Waals surface area contributed by atoms with E-state index in [4.69, 9.17) is 11.6 Å². The second-order valence-corrected chi connectivity index (χ2v) is 5.01. The number of nitrogens with one attached hydrogen (secondary N) is 1. The fourth-order valence-corrected chi connectivity index (χ4v) is 2.76. The summed E-state index contributed by atoms with van der Waals surface area (Å²) in [4.78, 5) is 0. The molecular formula is C10H11ClIN. The average Bonchev–Trinajstić information content (AvgIpc) is 2.56. The summed E-state index contributed by atoms with van der Waals surface area (Å²) in [5.41, 5.74) is 1.30. The van der Waals surface area contributed by atoms with Crippen LogP contribution in [0.2, 0.25) is 5.02 Å². The Morgan fingerprint density at radius 3 is 2.92 bits per heavy atom. The van der Waals surface area contributed by atoms with Gasteiger partial charge in [0.25, 0.3) is 0 Å². The van der Waals surface area contributed by atoms with E-state index < -0.39 is 0 Å². The van der Waals surface area contributed by atoms with Crippen molar-refractivity contribution < 1.29 is 0 Å². The lowest BCUT2D eigenvalue weighted by atomic mass is 9.99. The molecule has 1 atom stereocenters. The highest BCUT2D eigenvalue weighted by Crippen LogP contribution is 2.29. The number of halogens is 2. The van der Waals surface area contributed by atoms with Crippen LogP contribution in [0.1, 0.15) is 17.9 Å². The minimum Gasteiger partial charge on any atom is -0.316 e. The maximum Gasteiger partial charge on any atom is 0.0451 e. The minimum atomic E-state index is 0.615. The lowest BCUT2D eigenvalue weighted by Gasteiger charge is -2.10. The molecule has 1 aliphatic heterocycles. The summed E-state index contributed by atoms with van der Waals surface area (Å²) in [6, 6.07) is 6.32. The van der Waals surface area contributed by atoms with E-state index in [2.05, 4.69) is 40.0 Å². The van der Waals surface area contributed by atoms with Crippen molar-refractivity contribution in [2.24, 2.45) is 0 Å². The molecule has 70 valence electrons. The monoisotopic (exact) mass is 307 g/mol. The van der Waals surface area contributed by atoms with Gasteiger partial charge in [-0.1, -0.05) is 17.7 Å². The van der Waals surface area contributed by atoms with Gasteiger partial charge in [0.05, 0.1) is 0 Å². The first-order valence-corrected chi connectivity index (χ1v) is 5.88. The van der Waals surface area contributed by atoms with Gasteiger partial charge in [-0.15, -0.1) is 0 Å². The number of rotatable bonds is 1. The first-order chi connectivity index (χ1) is 6.27. The van der Waals surface area contributed by atoms with E-state index in [-0.39, 0.29) is 0 Å². The van der Waals surface area contributed by atoms with E-state index in [1.54, 1.807) is 0 Å². The molecule has 2 rings (SSSR count). The highest BCUT2D eigenvalue weighted by Gasteiger charge is 2.18. The third-order valence-corrected chi connectivity index (χ3v) is 3.46. The van der Waals surface area contributed by atoms with Crippen LogP contribution >= 0.6 is 34.2 Å². The van der Waals surface area contributed by atoms with Crippen molar-refractivity contribution in [3.63, 3.8) is 0 Å². The SMILES string of the molecule is Clc1cc(I)ccc1C1CCNC1. The van der Waals surface area contributed by atoms with Crippen LogP contribution in [0.3, 0.4) is 0 Å². The standard InChI is InChI=1S/C10H11ClIN/c11-10-5-8(12)1-2-9(10)7-3-4-13-6-7/h1-2,5,7,13H,3-4,6H2. The summed E-state index contributed by atoms with van der Waals surface area (Å²) >= 11 is 8.46. The van der Waals surface area contributed by atoms with Gasteiger partial charge in [0.1, 0.15) is 0 Å². The topological polar surface area (TPSA) is 12.0 Å². The molecule has 0 bridgehead atoms. The summed E-state index contributed by atoms with van der Waals surface area (Å²) in [7, 11) is 0. The molecule has 1 unspecified atom stereocenters. The average molecular weight is 308 g/mol. The zero-order valence-electron chi connectivity index (χ0n) is 7.19. The molecule has 1 aromatic rings. The molecule has 0 aromatic heterocycles. The van der Waals surface area contributed by atoms with Crippen LogP contribution in [0, 0.1) is 3.57 Å². The van der Waals surface area contributed by atoms with Crippen LogP contribution in [0.5, 0.6) is 0 Å². The van der Waals surface area contributed by atoms with Gasteiger partial charge >= 0.3 is 0 Å². The zero-order chi connectivity index (χ0) is 9.26. The molecule has 1 aliphatic rings. The first kappa shape index (κ1) is 9.74. The largest absolute Gasteiger partial charge is 0.316 e. The predicted octanol–water partition coefficient (Wildman–Crippen LogP) is 3.02. The molecule has 3 heteroatoms. The van der Waals surface area contributed by atoms with Crippen molar-refractivity contribution in [1.29, 1.82) is 0 Å². The maximum absolute atomic E-state index is 6.18. The molecule has 1 fully saturated rings. The van der Waals surface area contributed by atoms with Gasteiger partial charge in [-0.2, -0.15) is 0 Å². The van der Waals surface area contributed by atoms with Crippen molar-refractivity contribution >= 4 is 34.2 Å². The smallest absolute Gasteiger partial charge is 0.0451 e. The third-order valence-electron chi connectivity index (χ3n) is 2.46. The van der Waals surface area contributed by atoms with E-state index in [0.29, 0.717) is 5.92 Å². The second kappa shape index (κ2) is 4.15. The Kier molecular flexibility index (Phi) is 3.11. The van der Waals surface area contributed by atoms with Crippen LogP contribution in [0.4, 0.5) is 0 Å². The van der Waals surface area contributed by atoms with E-state index in [1.165, 1.54) is 15.6 Å². The van der Waals surface area contributed by atoms with Gasteiger partial charge in [-0.3, -0.25) is 0 Å². The Morgan fingerprint density at radius 1 is 1.46 bits per heavy atom. The Bertz CT molecular complexity index is 308. The summed E-state index contributed by atoms with van der Waals surface area (Å²) in [6.45, 7) is 2.19. The fourth-order valence-electron chi connectivity index (χ4n) is 1.75. The van der Waals surface area contributed by atoms with Crippen molar-refractivity contribution in [3.05, 3.63) is 32.4 Å². The third kappa shape index (κ3) is 2.17. The number of hydrogen-bond donors (Lipinski definition) is 1. The molecule has 1 N–H and O–H groups in total. The Morgan fingerprint density at radius 2 is 2.31 bits per heavy atom. The van der Waals surface area contributed by atoms with E-state index >= 15 is 0 Å². The first-order valence-electron chi connectivity index (χ1n) is 4.43. The molecule has 1 nitrogen and oxygen atoms in total. The summed E-state index contributed by atoms with van der Waals surface area (Å²) < 4.78 is 1.21. The van der Waals surface area contributed by atoms with Crippen molar-refractivity contribution in [3.8, 4) is 0 Å². The Hall–Kier alpha value is 0.200. The van der Waals surface area contributed by atoms with Gasteiger partial charge in [0.15, 0.2) is 0 Å². The normalized spacial score (nSPS) is 22.2. The quantitative estimate of drug-likeness (QED) is 0.787. The second-order valence-electron chi connectivity index (χ2n) is 3.36. The van der Waals surface area contributed by atoms with Gasteiger partial charge in [-0.25, -0.2) is 0 Å². The van der Waals surface area contributed by atoms with E-state index in [9.17, 15) is 0 Å². The van der Waals surface area contributed by atoms with E-state index in [1.807, 2.05) is 6.07 Å². The van der Waals surface area contributed by atoms with Crippen molar-refractivity contribution in [2.75, 3.05) is 13.1 Å². The molecule has 0 saturated carbocycles. The number of benzene rings is 1. The van der Waals surface area contributed by atoms with Crippen LogP contribution in [0.15, 0.2) is 18.2 Å². The summed E-state index contributed by atoms with van der Waals surface area (Å²) in [5.74, 6) is 0.615. The molecule has 0 radical (unpaired) electrons. The van der Waals surface area contributed by atoms with Crippen LogP contribution in [0.25, 0.3) is 0 Å². The molecule has 1 saturated heterocycles. The van der Waals surface area contributed by atoms with Crippen molar-refractivity contribution in [1.82, 2.24) is 5.32 Å². The minimum absolute atomic E-state index is 0.615. The van der Waals surface area contributed by atoms with E-state index in [0.717, 1.165) is 18.1 Å². The fraction of sp³-hybridized carbons (Fsp3) is 0.400. The predicted molar refractivity (Wildman–Crippen MR) is 64.4 cm³/mol. The number of hydrogen-bond acceptors (Lipinski definition) is 1. The van der Waals surface area contributed by atoms with Crippen LogP contribution < -0.4 is 5.32 Å². The molecule has 1 heterocycles. The highest BCUT2D eigenvalue weighted by atomic mass is 127. The lowest BCUT2D eigenvalue weighted by molar-refractivity contribution is 0.763. The molecular weight excluding hydrogens is 296 g/mol. The van der Waals surface area contributed by atoms with Gasteiger partial charge in [-0.05, 0) is 59.2 Å². The molecule has 0 amide bonds. The highest BCUT2D eigenvalue weighted by molar-refractivity contribution is 14.1. The maximum atomic E-state index is 6.18. The lowest BCUT2D eigenvalue weighted by Crippen LogP contribution is -2.08. The van der Waals surface area contributed by atoms with Crippen molar-refractivity contribution in [2.45, 2.75) is 12.3 Å². The van der Waals surface area contributed by atoms with Gasteiger partial charge in [0.2, 0.25) is 0 Å². The molecule has 13 heavy (non-hydrogen) atoms. The zero-order valence-corrected chi connectivity index (χ0v) is 10.1. The molecule has 1 aromatic carbocycles. The van der Waals surface area contributed by atoms with Crippen LogP contribution in [-0.2, 0) is 0 Å². The Balaban J connectivity index is 2.29. The van der Waals surface area contributed by atoms with Crippen LogP contribution in [-0.4, -0.2) is 13.1 Å². The summed E-state index contributed by atoms with van der Waals surface area (Å²) in [5, 5.41) is 4.27.